The first-order chi connectivity index (χ1) is 8.14. The van der Waals surface area contributed by atoms with Gasteiger partial charge in [0.15, 0.2) is 0 Å². The van der Waals surface area contributed by atoms with Gasteiger partial charge in [-0.3, -0.25) is 0 Å². The highest BCUT2D eigenvalue weighted by molar-refractivity contribution is 5.03. The van der Waals surface area contributed by atoms with Gasteiger partial charge in [0.25, 0.3) is 0 Å². The van der Waals surface area contributed by atoms with E-state index in [-0.39, 0.29) is 0 Å². The van der Waals surface area contributed by atoms with E-state index in [1.165, 1.54) is 43.8 Å². The highest BCUT2D eigenvalue weighted by Gasteiger charge is 2.29. The first-order valence-corrected chi connectivity index (χ1v) is 7.05. The van der Waals surface area contributed by atoms with Crippen LogP contribution in [0.4, 0.5) is 0 Å². The Morgan fingerprint density at radius 1 is 1.24 bits per heavy atom. The van der Waals surface area contributed by atoms with Crippen LogP contribution < -0.4 is 0 Å². The molecule has 3 rings (SSSR count). The summed E-state index contributed by atoms with van der Waals surface area (Å²) in [4.78, 5) is 0. The van der Waals surface area contributed by atoms with E-state index in [0.29, 0.717) is 5.41 Å². The van der Waals surface area contributed by atoms with Crippen molar-refractivity contribution < 1.29 is 0 Å². The highest BCUT2D eigenvalue weighted by Crippen LogP contribution is 2.32. The molecule has 1 aliphatic heterocycles. The van der Waals surface area contributed by atoms with E-state index in [4.69, 9.17) is 0 Å². The molecular formula is C14H23N3. The fourth-order valence-electron chi connectivity index (χ4n) is 3.32. The van der Waals surface area contributed by atoms with Crippen molar-refractivity contribution in [1.82, 2.24) is 14.8 Å². The Morgan fingerprint density at radius 2 is 2.00 bits per heavy atom. The Kier molecular flexibility index (Phi) is 2.72. The molecule has 1 saturated carbocycles. The second kappa shape index (κ2) is 4.11. The lowest BCUT2D eigenvalue weighted by Crippen LogP contribution is -2.28. The van der Waals surface area contributed by atoms with E-state index in [2.05, 4.69) is 28.6 Å². The topological polar surface area (TPSA) is 30.7 Å². The summed E-state index contributed by atoms with van der Waals surface area (Å²) in [5, 5.41) is 8.82. The minimum absolute atomic E-state index is 0.416. The van der Waals surface area contributed by atoms with E-state index in [9.17, 15) is 0 Å². The van der Waals surface area contributed by atoms with Crippen LogP contribution in [0.2, 0.25) is 0 Å². The van der Waals surface area contributed by atoms with Crippen LogP contribution in [-0.2, 0) is 19.4 Å². The van der Waals surface area contributed by atoms with Gasteiger partial charge in [0.1, 0.15) is 11.6 Å². The third-order valence-corrected chi connectivity index (χ3v) is 4.46. The minimum atomic E-state index is 0.416. The third kappa shape index (κ3) is 2.24. The van der Waals surface area contributed by atoms with Crippen LogP contribution in [0, 0.1) is 11.3 Å². The second-order valence-corrected chi connectivity index (χ2v) is 6.64. The summed E-state index contributed by atoms with van der Waals surface area (Å²) in [6, 6.07) is 0. The fraction of sp³-hybridized carbons (Fsp3) is 0.857. The van der Waals surface area contributed by atoms with E-state index in [0.717, 1.165) is 25.3 Å². The van der Waals surface area contributed by atoms with Crippen LogP contribution >= 0.6 is 0 Å². The summed E-state index contributed by atoms with van der Waals surface area (Å²) < 4.78 is 2.40. The number of fused-ring (bicyclic) bond motifs is 1. The Balaban J connectivity index is 1.79. The smallest absolute Gasteiger partial charge is 0.133 e. The average molecular weight is 233 g/mol. The van der Waals surface area contributed by atoms with E-state index < -0.39 is 0 Å². The molecule has 0 bridgehead atoms. The molecule has 3 heteroatoms. The van der Waals surface area contributed by atoms with Crippen LogP contribution in [0.1, 0.15) is 57.6 Å². The maximum Gasteiger partial charge on any atom is 0.133 e. The van der Waals surface area contributed by atoms with Gasteiger partial charge in [0, 0.05) is 19.4 Å². The number of nitrogens with zero attached hydrogens (tertiary/aromatic N) is 3. The van der Waals surface area contributed by atoms with Crippen LogP contribution in [0.25, 0.3) is 0 Å². The van der Waals surface area contributed by atoms with Crippen molar-refractivity contribution in [2.24, 2.45) is 11.3 Å². The Labute approximate surface area is 104 Å². The number of rotatable bonds is 2. The third-order valence-electron chi connectivity index (χ3n) is 4.46. The van der Waals surface area contributed by atoms with E-state index in [1.54, 1.807) is 0 Å². The molecule has 0 N–H and O–H groups in total. The van der Waals surface area contributed by atoms with Gasteiger partial charge in [-0.05, 0) is 17.8 Å². The van der Waals surface area contributed by atoms with Gasteiger partial charge in [0.05, 0.1) is 0 Å². The maximum atomic E-state index is 4.44. The molecule has 2 aliphatic rings. The van der Waals surface area contributed by atoms with E-state index in [1.807, 2.05) is 0 Å². The van der Waals surface area contributed by atoms with Gasteiger partial charge in [0.2, 0.25) is 0 Å². The van der Waals surface area contributed by atoms with Gasteiger partial charge < -0.3 is 4.57 Å². The lowest BCUT2D eigenvalue weighted by molar-refractivity contribution is 0.242. The molecule has 0 saturated heterocycles. The number of aryl methyl sites for hydroxylation is 1. The molecule has 2 heterocycles. The lowest BCUT2D eigenvalue weighted by atomic mass is 9.85. The molecule has 94 valence electrons. The highest BCUT2D eigenvalue weighted by atomic mass is 15.3. The number of hydrogen-bond donors (Lipinski definition) is 0. The zero-order valence-electron chi connectivity index (χ0n) is 11.1. The van der Waals surface area contributed by atoms with Crippen LogP contribution in [0.5, 0.6) is 0 Å². The molecule has 0 unspecified atom stereocenters. The lowest BCUT2D eigenvalue weighted by Gasteiger charge is -2.31. The summed E-state index contributed by atoms with van der Waals surface area (Å²) >= 11 is 0. The van der Waals surface area contributed by atoms with Gasteiger partial charge in [-0.25, -0.2) is 0 Å². The molecule has 0 spiro atoms. The zero-order chi connectivity index (χ0) is 11.9. The van der Waals surface area contributed by atoms with Crippen molar-refractivity contribution in [2.45, 2.75) is 65.3 Å². The Bertz CT molecular complexity index is 400. The standard InChI is InChI=1S/C14H23N3/c1-14(2)8-7-12-15-16-13(17(12)10-14)9-11-5-3-4-6-11/h11H,3-10H2,1-2H3. The van der Waals surface area contributed by atoms with Crippen molar-refractivity contribution in [2.75, 3.05) is 0 Å². The SMILES string of the molecule is CC1(C)CCc2nnc(CC3CCCC3)n2C1. The summed E-state index contributed by atoms with van der Waals surface area (Å²) in [6.07, 6.45) is 9.12. The fourth-order valence-corrected chi connectivity index (χ4v) is 3.32. The largest absolute Gasteiger partial charge is 0.314 e. The summed E-state index contributed by atoms with van der Waals surface area (Å²) in [7, 11) is 0. The summed E-state index contributed by atoms with van der Waals surface area (Å²) in [6.45, 7) is 5.82. The first-order valence-electron chi connectivity index (χ1n) is 7.05. The second-order valence-electron chi connectivity index (χ2n) is 6.64. The molecule has 1 aliphatic carbocycles. The molecule has 1 fully saturated rings. The molecular weight excluding hydrogens is 210 g/mol. The Morgan fingerprint density at radius 3 is 2.76 bits per heavy atom. The zero-order valence-corrected chi connectivity index (χ0v) is 11.1. The number of hydrogen-bond acceptors (Lipinski definition) is 2. The molecule has 3 nitrogen and oxygen atoms in total. The minimum Gasteiger partial charge on any atom is -0.314 e. The predicted molar refractivity (Wildman–Crippen MR) is 67.8 cm³/mol. The summed E-state index contributed by atoms with van der Waals surface area (Å²) in [5.74, 6) is 3.34. The average Bonchev–Trinajstić information content (AvgIpc) is 2.88. The monoisotopic (exact) mass is 233 g/mol. The quantitative estimate of drug-likeness (QED) is 0.786. The predicted octanol–water partition coefficient (Wildman–Crippen LogP) is 2.98. The van der Waals surface area contributed by atoms with Crippen molar-refractivity contribution in [3.63, 3.8) is 0 Å². The van der Waals surface area contributed by atoms with Gasteiger partial charge >= 0.3 is 0 Å². The van der Waals surface area contributed by atoms with Gasteiger partial charge in [-0.1, -0.05) is 39.5 Å². The van der Waals surface area contributed by atoms with Crippen molar-refractivity contribution in [3.05, 3.63) is 11.6 Å². The summed E-state index contributed by atoms with van der Waals surface area (Å²) in [5.41, 5.74) is 0.416. The first kappa shape index (κ1) is 11.2. The van der Waals surface area contributed by atoms with Crippen molar-refractivity contribution in [3.8, 4) is 0 Å². The molecule has 1 aromatic heterocycles. The van der Waals surface area contributed by atoms with Crippen LogP contribution in [-0.4, -0.2) is 14.8 Å². The van der Waals surface area contributed by atoms with Crippen molar-refractivity contribution in [1.29, 1.82) is 0 Å². The number of aromatic nitrogens is 3. The maximum absolute atomic E-state index is 4.44. The molecule has 1 aromatic rings. The molecule has 0 amide bonds. The molecule has 0 aromatic carbocycles. The normalized spacial score (nSPS) is 23.9. The van der Waals surface area contributed by atoms with Gasteiger partial charge in [-0.15, -0.1) is 10.2 Å². The van der Waals surface area contributed by atoms with Crippen molar-refractivity contribution >= 4 is 0 Å². The van der Waals surface area contributed by atoms with Gasteiger partial charge in [-0.2, -0.15) is 0 Å². The Hall–Kier alpha value is -0.860. The van der Waals surface area contributed by atoms with Crippen LogP contribution in [0.3, 0.4) is 0 Å². The van der Waals surface area contributed by atoms with Crippen LogP contribution in [0.15, 0.2) is 0 Å². The molecule has 0 atom stereocenters. The van der Waals surface area contributed by atoms with E-state index >= 15 is 0 Å². The molecule has 17 heavy (non-hydrogen) atoms. The molecule has 0 radical (unpaired) electrons.